The lowest BCUT2D eigenvalue weighted by Gasteiger charge is -2.19. The van der Waals surface area contributed by atoms with Gasteiger partial charge in [-0.1, -0.05) is 0 Å². The first-order valence-electron chi connectivity index (χ1n) is 5.72. The van der Waals surface area contributed by atoms with E-state index in [0.717, 1.165) is 6.20 Å². The second-order valence-electron chi connectivity index (χ2n) is 4.25. The third kappa shape index (κ3) is 2.47. The largest absolute Gasteiger partial charge is 0.344 e. The molecular weight excluding hydrogens is 237 g/mol. The second-order valence-corrected chi connectivity index (χ2v) is 4.25. The lowest BCUT2D eigenvalue weighted by atomic mass is 10.2. The third-order valence-corrected chi connectivity index (χ3v) is 2.96. The van der Waals surface area contributed by atoms with Gasteiger partial charge in [-0.15, -0.1) is 0 Å². The first-order valence-corrected chi connectivity index (χ1v) is 5.72. The molecule has 0 atom stereocenters. The van der Waals surface area contributed by atoms with Crippen molar-refractivity contribution in [2.45, 2.75) is 6.42 Å². The molecule has 1 aliphatic heterocycles. The molecule has 0 aliphatic carbocycles. The number of halogens is 1. The van der Waals surface area contributed by atoms with Gasteiger partial charge in [0.15, 0.2) is 5.82 Å². The van der Waals surface area contributed by atoms with Gasteiger partial charge in [-0.3, -0.25) is 14.6 Å². The molecule has 0 saturated carbocycles. The Balaban J connectivity index is 2.19. The maximum Gasteiger partial charge on any atom is 0.257 e. The highest BCUT2D eigenvalue weighted by Crippen LogP contribution is 2.11. The van der Waals surface area contributed by atoms with Gasteiger partial charge in [-0.25, -0.2) is 4.39 Å². The number of carbonyl (C=O) groups is 2. The van der Waals surface area contributed by atoms with Crippen LogP contribution in [-0.4, -0.2) is 53.3 Å². The number of amides is 2. The average Bonchev–Trinajstić information content (AvgIpc) is 2.52. The minimum Gasteiger partial charge on any atom is -0.344 e. The van der Waals surface area contributed by atoms with Crippen molar-refractivity contribution in [1.29, 1.82) is 0 Å². The Hall–Kier alpha value is -1.98. The van der Waals surface area contributed by atoms with E-state index in [1.807, 2.05) is 0 Å². The molecular formula is C12H14FN3O2. The van der Waals surface area contributed by atoms with Crippen LogP contribution in [0.5, 0.6) is 0 Å². The van der Waals surface area contributed by atoms with Crippen molar-refractivity contribution in [1.82, 2.24) is 14.8 Å². The molecule has 1 saturated heterocycles. The van der Waals surface area contributed by atoms with Crippen LogP contribution in [0.15, 0.2) is 18.5 Å². The molecule has 6 heteroatoms. The topological polar surface area (TPSA) is 53.5 Å². The van der Waals surface area contributed by atoms with Gasteiger partial charge in [0.25, 0.3) is 5.91 Å². The van der Waals surface area contributed by atoms with Crippen LogP contribution in [0.3, 0.4) is 0 Å². The molecule has 1 aromatic heterocycles. The van der Waals surface area contributed by atoms with E-state index in [2.05, 4.69) is 4.98 Å². The van der Waals surface area contributed by atoms with E-state index in [-0.39, 0.29) is 18.0 Å². The van der Waals surface area contributed by atoms with Crippen LogP contribution in [0.1, 0.15) is 16.8 Å². The first kappa shape index (κ1) is 12.5. The molecule has 0 bridgehead atoms. The zero-order valence-electron chi connectivity index (χ0n) is 10.1. The van der Waals surface area contributed by atoms with Crippen LogP contribution >= 0.6 is 0 Å². The van der Waals surface area contributed by atoms with Gasteiger partial charge in [0.1, 0.15) is 6.54 Å². The van der Waals surface area contributed by atoms with E-state index in [1.165, 1.54) is 17.2 Å². The maximum absolute atomic E-state index is 13.5. The number of aromatic nitrogens is 1. The van der Waals surface area contributed by atoms with Gasteiger partial charge in [0, 0.05) is 26.3 Å². The van der Waals surface area contributed by atoms with Gasteiger partial charge >= 0.3 is 0 Å². The van der Waals surface area contributed by atoms with E-state index in [4.69, 9.17) is 0 Å². The quantitative estimate of drug-likeness (QED) is 0.731. The maximum atomic E-state index is 13.5. The van der Waals surface area contributed by atoms with Crippen LogP contribution in [0, 0.1) is 5.82 Å². The molecule has 0 unspecified atom stereocenters. The molecule has 2 rings (SSSR count). The lowest BCUT2D eigenvalue weighted by molar-refractivity contribution is -0.129. The fourth-order valence-electron chi connectivity index (χ4n) is 1.88. The molecule has 0 spiro atoms. The number of rotatable bonds is 1. The van der Waals surface area contributed by atoms with Gasteiger partial charge < -0.3 is 9.80 Å². The molecule has 18 heavy (non-hydrogen) atoms. The summed E-state index contributed by atoms with van der Waals surface area (Å²) in [6.07, 6.45) is 3.06. The Morgan fingerprint density at radius 1 is 1.44 bits per heavy atom. The monoisotopic (exact) mass is 251 g/mol. The summed E-state index contributed by atoms with van der Waals surface area (Å²) in [6, 6.07) is 1.33. The fourth-order valence-corrected chi connectivity index (χ4v) is 1.88. The first-order chi connectivity index (χ1) is 8.59. The number of hydrogen-bond acceptors (Lipinski definition) is 3. The van der Waals surface area contributed by atoms with Crippen molar-refractivity contribution in [3.63, 3.8) is 0 Å². The molecule has 96 valence electrons. The highest BCUT2D eigenvalue weighted by Gasteiger charge is 2.25. The predicted molar refractivity (Wildman–Crippen MR) is 62.4 cm³/mol. The van der Waals surface area contributed by atoms with Crippen molar-refractivity contribution in [3.05, 3.63) is 29.8 Å². The van der Waals surface area contributed by atoms with Gasteiger partial charge in [-0.2, -0.15) is 0 Å². The fraction of sp³-hybridized carbons (Fsp3) is 0.417. The lowest BCUT2D eigenvalue weighted by Crippen LogP contribution is -2.38. The summed E-state index contributed by atoms with van der Waals surface area (Å²) < 4.78 is 13.5. The second kappa shape index (κ2) is 5.12. The molecule has 2 amide bonds. The summed E-state index contributed by atoms with van der Waals surface area (Å²) >= 11 is 0. The Labute approximate surface area is 104 Å². The van der Waals surface area contributed by atoms with Gasteiger partial charge in [0.05, 0.1) is 11.8 Å². The Morgan fingerprint density at radius 3 is 2.94 bits per heavy atom. The van der Waals surface area contributed by atoms with Crippen molar-refractivity contribution < 1.29 is 14.0 Å². The highest BCUT2D eigenvalue weighted by atomic mass is 19.1. The molecule has 0 radical (unpaired) electrons. The molecule has 5 nitrogen and oxygen atoms in total. The third-order valence-electron chi connectivity index (χ3n) is 2.96. The normalized spacial score (nSPS) is 16.7. The minimum atomic E-state index is -0.660. The summed E-state index contributed by atoms with van der Waals surface area (Å²) in [4.78, 5) is 30.3. The summed E-state index contributed by atoms with van der Waals surface area (Å²) in [7, 11) is 1.70. The van der Waals surface area contributed by atoms with Crippen LogP contribution < -0.4 is 0 Å². The number of likely N-dealkylation sites (N-methyl/N-ethyl adjacent to an activating group) is 1. The highest BCUT2D eigenvalue weighted by molar-refractivity contribution is 5.96. The van der Waals surface area contributed by atoms with Crippen LogP contribution in [0.25, 0.3) is 0 Å². The van der Waals surface area contributed by atoms with E-state index in [1.54, 1.807) is 11.9 Å². The van der Waals surface area contributed by atoms with Crippen molar-refractivity contribution in [2.75, 3.05) is 26.7 Å². The van der Waals surface area contributed by atoms with Gasteiger partial charge in [-0.05, 0) is 12.5 Å². The Bertz CT molecular complexity index is 478. The molecule has 0 N–H and O–H groups in total. The molecule has 1 aromatic rings. The van der Waals surface area contributed by atoms with Crippen molar-refractivity contribution >= 4 is 11.8 Å². The van der Waals surface area contributed by atoms with E-state index in [9.17, 15) is 14.0 Å². The molecule has 0 aromatic carbocycles. The summed E-state index contributed by atoms with van der Waals surface area (Å²) in [5.41, 5.74) is -0.0395. The molecule has 1 fully saturated rings. The molecule has 1 aliphatic rings. The number of pyridine rings is 1. The van der Waals surface area contributed by atoms with Crippen LogP contribution in [0.2, 0.25) is 0 Å². The Kier molecular flexibility index (Phi) is 3.55. The van der Waals surface area contributed by atoms with Gasteiger partial charge in [0.2, 0.25) is 5.91 Å². The van der Waals surface area contributed by atoms with E-state index in [0.29, 0.717) is 19.5 Å². The SMILES string of the molecule is CN1CCCN(C(=O)c2ccncc2F)CC1=O. The summed E-state index contributed by atoms with van der Waals surface area (Å²) in [6.45, 7) is 1.06. The van der Waals surface area contributed by atoms with Crippen LogP contribution in [-0.2, 0) is 4.79 Å². The summed E-state index contributed by atoms with van der Waals surface area (Å²) in [5, 5.41) is 0. The Morgan fingerprint density at radius 2 is 2.22 bits per heavy atom. The zero-order chi connectivity index (χ0) is 13.1. The van der Waals surface area contributed by atoms with E-state index < -0.39 is 11.7 Å². The zero-order valence-corrected chi connectivity index (χ0v) is 10.1. The molecule has 2 heterocycles. The smallest absolute Gasteiger partial charge is 0.257 e. The number of nitrogens with zero attached hydrogens (tertiary/aromatic N) is 3. The number of hydrogen-bond donors (Lipinski definition) is 0. The average molecular weight is 251 g/mol. The summed E-state index contributed by atoms with van der Waals surface area (Å²) in [5.74, 6) is -1.25. The van der Waals surface area contributed by atoms with Crippen molar-refractivity contribution in [3.8, 4) is 0 Å². The van der Waals surface area contributed by atoms with E-state index >= 15 is 0 Å². The standard InChI is InChI=1S/C12H14FN3O2/c1-15-5-2-6-16(8-11(15)17)12(18)9-3-4-14-7-10(9)13/h3-4,7H,2,5-6,8H2,1H3. The minimum absolute atomic E-state index is 0.00288. The van der Waals surface area contributed by atoms with Crippen molar-refractivity contribution in [2.24, 2.45) is 0 Å². The van der Waals surface area contributed by atoms with Crippen LogP contribution in [0.4, 0.5) is 4.39 Å². The predicted octanol–water partition coefficient (Wildman–Crippen LogP) is 0.525. The number of carbonyl (C=O) groups excluding carboxylic acids is 2.